The summed E-state index contributed by atoms with van der Waals surface area (Å²) >= 11 is 0. The number of rotatable bonds is 24. The zero-order valence-electron chi connectivity index (χ0n) is 22.4. The number of carbonyl (C=O) groups excluding carboxylic acids is 1. The first-order chi connectivity index (χ1) is 15.9. The van der Waals surface area contributed by atoms with E-state index in [4.69, 9.17) is 19.0 Å². The van der Waals surface area contributed by atoms with E-state index < -0.39 is 5.60 Å². The third-order valence-corrected chi connectivity index (χ3v) is 5.76. The molecular formula is C26H54N2O5. The fourth-order valence-electron chi connectivity index (χ4n) is 3.34. The summed E-state index contributed by atoms with van der Waals surface area (Å²) in [6.07, 6.45) is 17.2. The third-order valence-electron chi connectivity index (χ3n) is 5.76. The molecule has 7 heteroatoms. The van der Waals surface area contributed by atoms with Crippen LogP contribution in [0, 0.1) is 0 Å². The number of hydroxylamine groups is 2. The fraction of sp³-hybridized carbons (Fsp3) is 0.962. The van der Waals surface area contributed by atoms with E-state index in [0.717, 1.165) is 19.4 Å². The molecule has 0 unspecified atom stereocenters. The van der Waals surface area contributed by atoms with Crippen LogP contribution in [-0.4, -0.2) is 64.0 Å². The molecule has 0 aliphatic rings. The lowest BCUT2D eigenvalue weighted by atomic mass is 10.1. The van der Waals surface area contributed by atoms with Gasteiger partial charge in [0.15, 0.2) is 0 Å². The molecule has 0 aliphatic carbocycles. The molecule has 1 N–H and O–H groups in total. The molecule has 33 heavy (non-hydrogen) atoms. The van der Waals surface area contributed by atoms with Crippen molar-refractivity contribution in [2.45, 2.75) is 116 Å². The van der Waals surface area contributed by atoms with E-state index in [1.165, 1.54) is 70.6 Å². The molecule has 0 aromatic rings. The quantitative estimate of drug-likeness (QED) is 0.0984. The Balaban J connectivity index is 3.34. The summed E-state index contributed by atoms with van der Waals surface area (Å²) in [6, 6.07) is 0. The largest absolute Gasteiger partial charge is 0.449 e. The van der Waals surface area contributed by atoms with Crippen LogP contribution < -0.4 is 5.32 Å². The second-order valence-electron chi connectivity index (χ2n) is 9.51. The van der Waals surface area contributed by atoms with Gasteiger partial charge in [-0.1, -0.05) is 77.6 Å². The Morgan fingerprint density at radius 1 is 0.818 bits per heavy atom. The molecule has 0 aromatic heterocycles. The number of nitrogens with zero attached hydrogens (tertiary/aromatic N) is 1. The van der Waals surface area contributed by atoms with Gasteiger partial charge in [0.1, 0.15) is 6.73 Å². The predicted octanol–water partition coefficient (Wildman–Crippen LogP) is 6.46. The Hall–Kier alpha value is -0.890. The molecule has 0 spiro atoms. The Morgan fingerprint density at radius 3 is 1.94 bits per heavy atom. The molecule has 0 aromatic carbocycles. The van der Waals surface area contributed by atoms with Crippen LogP contribution in [0.15, 0.2) is 0 Å². The Labute approximate surface area is 204 Å². The van der Waals surface area contributed by atoms with Crippen molar-refractivity contribution < 1.29 is 23.8 Å². The number of unbranched alkanes of at least 4 members (excludes halogenated alkanes) is 11. The van der Waals surface area contributed by atoms with E-state index in [9.17, 15) is 4.79 Å². The second kappa shape index (κ2) is 22.9. The SMILES string of the molecule is CCCCCCCCCCCCCCOCCCNC(=O)OCCC(C)(C)OCN(C)OC. The summed E-state index contributed by atoms with van der Waals surface area (Å²) in [5, 5.41) is 4.36. The molecule has 0 bridgehead atoms. The smallest absolute Gasteiger partial charge is 0.407 e. The van der Waals surface area contributed by atoms with Gasteiger partial charge in [-0.3, -0.25) is 0 Å². The summed E-state index contributed by atoms with van der Waals surface area (Å²) in [5.41, 5.74) is -0.394. The molecule has 0 heterocycles. The first-order valence-corrected chi connectivity index (χ1v) is 13.3. The molecule has 0 rings (SSSR count). The highest BCUT2D eigenvalue weighted by Crippen LogP contribution is 2.15. The highest BCUT2D eigenvalue weighted by molar-refractivity contribution is 5.66. The minimum Gasteiger partial charge on any atom is -0.449 e. The third kappa shape index (κ3) is 24.0. The lowest BCUT2D eigenvalue weighted by Gasteiger charge is -2.27. The van der Waals surface area contributed by atoms with Gasteiger partial charge in [0.05, 0.1) is 19.3 Å². The van der Waals surface area contributed by atoms with E-state index in [0.29, 0.717) is 32.9 Å². The van der Waals surface area contributed by atoms with Crippen LogP contribution in [-0.2, 0) is 19.0 Å². The number of amides is 1. The highest BCUT2D eigenvalue weighted by Gasteiger charge is 2.20. The van der Waals surface area contributed by atoms with Crippen molar-refractivity contribution in [2.24, 2.45) is 0 Å². The number of hydrogen-bond acceptors (Lipinski definition) is 6. The minimum absolute atomic E-state index is 0.311. The first-order valence-electron chi connectivity index (χ1n) is 13.3. The van der Waals surface area contributed by atoms with E-state index in [-0.39, 0.29) is 6.09 Å². The van der Waals surface area contributed by atoms with Crippen LogP contribution >= 0.6 is 0 Å². The van der Waals surface area contributed by atoms with Crippen molar-refractivity contribution in [1.82, 2.24) is 10.4 Å². The van der Waals surface area contributed by atoms with Gasteiger partial charge in [-0.15, -0.1) is 0 Å². The van der Waals surface area contributed by atoms with Gasteiger partial charge in [0.25, 0.3) is 0 Å². The molecular weight excluding hydrogens is 420 g/mol. The van der Waals surface area contributed by atoms with Crippen LogP contribution in [0.2, 0.25) is 0 Å². The van der Waals surface area contributed by atoms with Crippen molar-refractivity contribution in [3.05, 3.63) is 0 Å². The van der Waals surface area contributed by atoms with Crippen molar-refractivity contribution in [3.8, 4) is 0 Å². The van der Waals surface area contributed by atoms with E-state index in [1.54, 1.807) is 19.2 Å². The molecule has 0 aliphatic heterocycles. The van der Waals surface area contributed by atoms with Gasteiger partial charge in [-0.25, -0.2) is 4.79 Å². The maximum absolute atomic E-state index is 11.8. The van der Waals surface area contributed by atoms with E-state index >= 15 is 0 Å². The van der Waals surface area contributed by atoms with Crippen molar-refractivity contribution in [1.29, 1.82) is 0 Å². The molecule has 7 nitrogen and oxygen atoms in total. The average Bonchev–Trinajstić information content (AvgIpc) is 2.79. The fourth-order valence-corrected chi connectivity index (χ4v) is 3.34. The van der Waals surface area contributed by atoms with Crippen LogP contribution in [0.25, 0.3) is 0 Å². The molecule has 0 radical (unpaired) electrons. The average molecular weight is 475 g/mol. The topological polar surface area (TPSA) is 69.3 Å². The van der Waals surface area contributed by atoms with E-state index in [1.807, 2.05) is 13.8 Å². The predicted molar refractivity (Wildman–Crippen MR) is 135 cm³/mol. The molecule has 0 fully saturated rings. The van der Waals surface area contributed by atoms with Gasteiger partial charge in [0, 0.05) is 33.2 Å². The lowest BCUT2D eigenvalue weighted by molar-refractivity contribution is -0.200. The van der Waals surface area contributed by atoms with Crippen molar-refractivity contribution in [3.63, 3.8) is 0 Å². The molecule has 198 valence electrons. The van der Waals surface area contributed by atoms with Crippen LogP contribution in [0.3, 0.4) is 0 Å². The molecule has 0 atom stereocenters. The summed E-state index contributed by atoms with van der Waals surface area (Å²) in [5.74, 6) is 0. The normalized spacial score (nSPS) is 11.8. The number of alkyl carbamates (subject to hydrolysis) is 1. The summed E-state index contributed by atoms with van der Waals surface area (Å²) in [7, 11) is 3.39. The van der Waals surface area contributed by atoms with Gasteiger partial charge in [-0.2, -0.15) is 5.06 Å². The van der Waals surface area contributed by atoms with Crippen molar-refractivity contribution >= 4 is 6.09 Å². The number of hydrogen-bond donors (Lipinski definition) is 1. The van der Waals surface area contributed by atoms with Crippen LogP contribution in [0.5, 0.6) is 0 Å². The molecule has 0 saturated carbocycles. The monoisotopic (exact) mass is 474 g/mol. The van der Waals surface area contributed by atoms with Gasteiger partial charge in [0.2, 0.25) is 0 Å². The van der Waals surface area contributed by atoms with Gasteiger partial charge >= 0.3 is 6.09 Å². The summed E-state index contributed by atoms with van der Waals surface area (Å²) in [4.78, 5) is 16.8. The number of nitrogens with one attached hydrogen (secondary N) is 1. The Kier molecular flexibility index (Phi) is 22.3. The van der Waals surface area contributed by atoms with Gasteiger partial charge < -0.3 is 24.4 Å². The zero-order chi connectivity index (χ0) is 24.6. The molecule has 1 amide bonds. The number of carbonyl (C=O) groups is 1. The minimum atomic E-state index is -0.394. The standard InChI is InChI=1S/C26H54N2O5/c1-6-7-8-9-10-11-12-13-14-15-16-17-21-31-22-18-20-27-25(29)32-23-19-26(2,3)33-24-28(4)30-5/h6-24H2,1-5H3,(H,27,29). The van der Waals surface area contributed by atoms with Crippen molar-refractivity contribution in [2.75, 3.05) is 47.3 Å². The summed E-state index contributed by atoms with van der Waals surface area (Å²) in [6.45, 7) is 8.92. The maximum Gasteiger partial charge on any atom is 0.407 e. The highest BCUT2D eigenvalue weighted by atomic mass is 16.7. The Bertz CT molecular complexity index is 435. The second-order valence-corrected chi connectivity index (χ2v) is 9.51. The number of ether oxygens (including phenoxy) is 3. The van der Waals surface area contributed by atoms with E-state index in [2.05, 4.69) is 12.2 Å². The first kappa shape index (κ1) is 32.1. The summed E-state index contributed by atoms with van der Waals surface area (Å²) < 4.78 is 16.6. The molecule has 0 saturated heterocycles. The lowest BCUT2D eigenvalue weighted by Crippen LogP contribution is -2.33. The Morgan fingerprint density at radius 2 is 1.36 bits per heavy atom. The van der Waals surface area contributed by atoms with Crippen LogP contribution in [0.4, 0.5) is 4.79 Å². The van der Waals surface area contributed by atoms with Crippen LogP contribution in [0.1, 0.15) is 111 Å². The maximum atomic E-state index is 11.8. The van der Waals surface area contributed by atoms with Gasteiger partial charge in [-0.05, 0) is 26.7 Å². The zero-order valence-corrected chi connectivity index (χ0v) is 22.4.